The predicted molar refractivity (Wildman–Crippen MR) is 77.9 cm³/mol. The van der Waals surface area contributed by atoms with Crippen LogP contribution >= 0.6 is 0 Å². The summed E-state index contributed by atoms with van der Waals surface area (Å²) in [5.41, 5.74) is 1.03. The zero-order valence-corrected chi connectivity index (χ0v) is 11.9. The van der Waals surface area contributed by atoms with E-state index in [1.807, 2.05) is 12.1 Å². The van der Waals surface area contributed by atoms with Crippen LogP contribution in [0.5, 0.6) is 5.75 Å². The molecule has 2 N–H and O–H groups in total. The molecule has 0 radical (unpaired) electrons. The molecule has 0 aliphatic heterocycles. The summed E-state index contributed by atoms with van der Waals surface area (Å²) in [4.78, 5) is 11.9. The number of carbonyl (C=O) groups excluding carboxylic acids is 1. The van der Waals surface area contributed by atoms with Crippen molar-refractivity contribution in [3.8, 4) is 5.75 Å². The van der Waals surface area contributed by atoms with Gasteiger partial charge in [-0.2, -0.15) is 0 Å². The molecule has 0 spiro atoms. The number of hydrogen-bond donors (Lipinski definition) is 2. The number of rotatable bonds is 7. The summed E-state index contributed by atoms with van der Waals surface area (Å²) in [6.07, 6.45) is 1.58. The van der Waals surface area contributed by atoms with Gasteiger partial charge in [0.1, 0.15) is 11.5 Å². The van der Waals surface area contributed by atoms with E-state index in [-0.39, 0.29) is 12.5 Å². The Kier molecular flexibility index (Phi) is 5.40. The van der Waals surface area contributed by atoms with Crippen molar-refractivity contribution in [1.29, 1.82) is 0 Å². The van der Waals surface area contributed by atoms with E-state index in [4.69, 9.17) is 14.3 Å². The van der Waals surface area contributed by atoms with E-state index >= 15 is 0 Å². The van der Waals surface area contributed by atoms with Gasteiger partial charge in [0, 0.05) is 6.61 Å². The molecule has 0 fully saturated rings. The molecule has 1 unspecified atom stereocenters. The minimum absolute atomic E-state index is 0.117. The van der Waals surface area contributed by atoms with Crippen LogP contribution in [0.1, 0.15) is 18.2 Å². The molecule has 21 heavy (non-hydrogen) atoms. The van der Waals surface area contributed by atoms with Gasteiger partial charge in [0.25, 0.3) is 5.91 Å². The van der Waals surface area contributed by atoms with Crippen LogP contribution in [0.15, 0.2) is 47.1 Å². The normalized spacial score (nSPS) is 11.9. The van der Waals surface area contributed by atoms with Crippen molar-refractivity contribution in [2.45, 2.75) is 26.0 Å². The second-order valence-corrected chi connectivity index (χ2v) is 4.67. The van der Waals surface area contributed by atoms with Crippen LogP contribution in [0.4, 0.5) is 0 Å². The molecule has 1 aromatic carbocycles. The molecule has 1 aromatic heterocycles. The SMILES string of the molecule is CC(Oc1ccc(CCO)cc1)C(=O)NCc1ccco1. The quantitative estimate of drug-likeness (QED) is 0.816. The lowest BCUT2D eigenvalue weighted by molar-refractivity contribution is -0.127. The maximum atomic E-state index is 11.9. The molecule has 112 valence electrons. The number of nitrogens with one attached hydrogen (secondary N) is 1. The number of benzene rings is 1. The average molecular weight is 289 g/mol. The summed E-state index contributed by atoms with van der Waals surface area (Å²) in [5, 5.41) is 11.6. The minimum Gasteiger partial charge on any atom is -0.481 e. The summed E-state index contributed by atoms with van der Waals surface area (Å²) < 4.78 is 10.7. The molecule has 0 saturated heterocycles. The van der Waals surface area contributed by atoms with E-state index in [0.29, 0.717) is 24.5 Å². The lowest BCUT2D eigenvalue weighted by atomic mass is 10.1. The Labute approximate surface area is 123 Å². The van der Waals surface area contributed by atoms with Crippen molar-refractivity contribution < 1.29 is 19.1 Å². The van der Waals surface area contributed by atoms with Gasteiger partial charge in [0.05, 0.1) is 12.8 Å². The molecule has 0 aliphatic carbocycles. The Morgan fingerprint density at radius 1 is 1.33 bits per heavy atom. The van der Waals surface area contributed by atoms with Gasteiger partial charge in [-0.3, -0.25) is 4.79 Å². The first-order valence-corrected chi connectivity index (χ1v) is 6.85. The fourth-order valence-corrected chi connectivity index (χ4v) is 1.85. The number of aliphatic hydroxyl groups is 1. The maximum absolute atomic E-state index is 11.9. The largest absolute Gasteiger partial charge is 0.481 e. The van der Waals surface area contributed by atoms with E-state index in [1.54, 1.807) is 37.5 Å². The minimum atomic E-state index is -0.594. The number of furan rings is 1. The van der Waals surface area contributed by atoms with Crippen LogP contribution in [-0.4, -0.2) is 23.7 Å². The molecular formula is C16H19NO4. The molecular weight excluding hydrogens is 270 g/mol. The molecule has 5 heteroatoms. The molecule has 1 amide bonds. The fourth-order valence-electron chi connectivity index (χ4n) is 1.85. The van der Waals surface area contributed by atoms with Gasteiger partial charge in [0.2, 0.25) is 0 Å². The number of hydrogen-bond acceptors (Lipinski definition) is 4. The lowest BCUT2D eigenvalue weighted by Crippen LogP contribution is -2.35. The molecule has 1 heterocycles. The van der Waals surface area contributed by atoms with Crippen molar-refractivity contribution in [1.82, 2.24) is 5.32 Å². The van der Waals surface area contributed by atoms with E-state index < -0.39 is 6.10 Å². The topological polar surface area (TPSA) is 71.7 Å². The van der Waals surface area contributed by atoms with Gasteiger partial charge >= 0.3 is 0 Å². The maximum Gasteiger partial charge on any atom is 0.261 e. The third-order valence-electron chi connectivity index (χ3n) is 3.02. The van der Waals surface area contributed by atoms with Crippen molar-refractivity contribution in [3.63, 3.8) is 0 Å². The molecule has 1 atom stereocenters. The van der Waals surface area contributed by atoms with E-state index in [9.17, 15) is 4.79 Å². The fraction of sp³-hybridized carbons (Fsp3) is 0.312. The van der Waals surface area contributed by atoms with E-state index in [0.717, 1.165) is 5.56 Å². The number of amides is 1. The molecule has 5 nitrogen and oxygen atoms in total. The summed E-state index contributed by atoms with van der Waals surface area (Å²) in [5.74, 6) is 1.12. The van der Waals surface area contributed by atoms with Gasteiger partial charge in [-0.05, 0) is 43.2 Å². The molecule has 2 aromatic rings. The van der Waals surface area contributed by atoms with Crippen molar-refractivity contribution >= 4 is 5.91 Å². The van der Waals surface area contributed by atoms with Crippen molar-refractivity contribution in [2.24, 2.45) is 0 Å². The number of carbonyl (C=O) groups is 1. The monoisotopic (exact) mass is 289 g/mol. The van der Waals surface area contributed by atoms with Crippen molar-refractivity contribution in [3.05, 3.63) is 54.0 Å². The van der Waals surface area contributed by atoms with Gasteiger partial charge in [-0.1, -0.05) is 12.1 Å². The highest BCUT2D eigenvalue weighted by molar-refractivity contribution is 5.80. The smallest absolute Gasteiger partial charge is 0.261 e. The van der Waals surface area contributed by atoms with Gasteiger partial charge < -0.3 is 19.6 Å². The zero-order valence-electron chi connectivity index (χ0n) is 11.9. The average Bonchev–Trinajstić information content (AvgIpc) is 3.00. The summed E-state index contributed by atoms with van der Waals surface area (Å²) in [6, 6.07) is 10.9. The lowest BCUT2D eigenvalue weighted by Gasteiger charge is -2.14. The Hall–Kier alpha value is -2.27. The summed E-state index contributed by atoms with van der Waals surface area (Å²) in [7, 11) is 0. The zero-order chi connectivity index (χ0) is 15.1. The first-order valence-electron chi connectivity index (χ1n) is 6.85. The molecule has 0 aliphatic rings. The summed E-state index contributed by atoms with van der Waals surface area (Å²) in [6.45, 7) is 2.15. The second kappa shape index (κ2) is 7.50. The van der Waals surface area contributed by atoms with Crippen LogP contribution in [0.3, 0.4) is 0 Å². The Morgan fingerprint density at radius 3 is 2.71 bits per heavy atom. The highest BCUT2D eigenvalue weighted by Gasteiger charge is 2.14. The first-order chi connectivity index (χ1) is 10.2. The predicted octanol–water partition coefficient (Wildman–Crippen LogP) is 1.90. The first kappa shape index (κ1) is 15.1. The standard InChI is InChI=1S/C16H19NO4/c1-12(16(19)17-11-15-3-2-10-20-15)21-14-6-4-13(5-7-14)8-9-18/h2-7,10,12,18H,8-9,11H2,1H3,(H,17,19). The van der Waals surface area contributed by atoms with Crippen LogP contribution in [0.2, 0.25) is 0 Å². The third-order valence-corrected chi connectivity index (χ3v) is 3.02. The van der Waals surface area contributed by atoms with Crippen molar-refractivity contribution in [2.75, 3.05) is 6.61 Å². The van der Waals surface area contributed by atoms with Gasteiger partial charge in [-0.25, -0.2) is 0 Å². The van der Waals surface area contributed by atoms with Crippen LogP contribution in [-0.2, 0) is 17.8 Å². The number of aliphatic hydroxyl groups excluding tert-OH is 1. The third kappa shape index (κ3) is 4.65. The summed E-state index contributed by atoms with van der Waals surface area (Å²) >= 11 is 0. The second-order valence-electron chi connectivity index (χ2n) is 4.67. The van der Waals surface area contributed by atoms with Crippen LogP contribution in [0, 0.1) is 0 Å². The Bertz CT molecular complexity index is 548. The Balaban J connectivity index is 1.82. The number of ether oxygens (including phenoxy) is 1. The highest BCUT2D eigenvalue weighted by atomic mass is 16.5. The van der Waals surface area contributed by atoms with Crippen LogP contribution < -0.4 is 10.1 Å². The Morgan fingerprint density at radius 2 is 2.10 bits per heavy atom. The van der Waals surface area contributed by atoms with E-state index in [2.05, 4.69) is 5.32 Å². The van der Waals surface area contributed by atoms with Crippen LogP contribution in [0.25, 0.3) is 0 Å². The highest BCUT2D eigenvalue weighted by Crippen LogP contribution is 2.14. The molecule has 0 saturated carbocycles. The molecule has 2 rings (SSSR count). The van der Waals surface area contributed by atoms with Gasteiger partial charge in [0.15, 0.2) is 6.10 Å². The molecule has 0 bridgehead atoms. The van der Waals surface area contributed by atoms with Gasteiger partial charge in [-0.15, -0.1) is 0 Å². The van der Waals surface area contributed by atoms with E-state index in [1.165, 1.54) is 0 Å².